The molecule has 0 N–H and O–H groups in total. The first kappa shape index (κ1) is 8.13. The second-order valence-corrected chi connectivity index (χ2v) is 5.24. The van der Waals surface area contributed by atoms with Crippen LogP contribution >= 0.6 is 22.7 Å². The van der Waals surface area contributed by atoms with Crippen LogP contribution in [0.3, 0.4) is 0 Å². The third-order valence-corrected chi connectivity index (χ3v) is 3.84. The van der Waals surface area contributed by atoms with E-state index in [0.29, 0.717) is 5.92 Å². The lowest BCUT2D eigenvalue weighted by Crippen LogP contribution is -1.82. The van der Waals surface area contributed by atoms with Crippen LogP contribution in [0.15, 0.2) is 0 Å². The van der Waals surface area contributed by atoms with Gasteiger partial charge in [-0.25, -0.2) is 9.97 Å². The average molecular weight is 198 g/mol. The summed E-state index contributed by atoms with van der Waals surface area (Å²) in [6, 6.07) is 0. The molecule has 0 atom stereocenters. The van der Waals surface area contributed by atoms with Gasteiger partial charge in [-0.3, -0.25) is 0 Å². The number of aromatic nitrogens is 2. The van der Waals surface area contributed by atoms with Crippen molar-refractivity contribution in [2.45, 2.75) is 26.7 Å². The Hall–Kier alpha value is -0.480. The fourth-order valence-corrected chi connectivity index (χ4v) is 2.95. The molecule has 0 saturated heterocycles. The maximum Gasteiger partial charge on any atom is 0.155 e. The molecule has 0 radical (unpaired) electrons. The number of fused-ring (bicyclic) bond motifs is 1. The van der Waals surface area contributed by atoms with Gasteiger partial charge in [0.05, 0.1) is 10.0 Å². The highest BCUT2D eigenvalue weighted by Gasteiger charge is 2.10. The summed E-state index contributed by atoms with van der Waals surface area (Å²) < 4.78 is 0. The van der Waals surface area contributed by atoms with Crippen molar-refractivity contribution in [3.63, 3.8) is 0 Å². The summed E-state index contributed by atoms with van der Waals surface area (Å²) in [5.41, 5.74) is 0. The smallest absolute Gasteiger partial charge is 0.155 e. The maximum absolute atomic E-state index is 4.51. The number of nitrogens with zero attached hydrogens (tertiary/aromatic N) is 2. The predicted molar refractivity (Wildman–Crippen MR) is 54.1 cm³/mol. The van der Waals surface area contributed by atoms with Crippen LogP contribution in [-0.4, -0.2) is 9.97 Å². The van der Waals surface area contributed by atoms with Gasteiger partial charge in [-0.15, -0.1) is 0 Å². The van der Waals surface area contributed by atoms with Crippen molar-refractivity contribution >= 4 is 32.3 Å². The van der Waals surface area contributed by atoms with E-state index in [1.54, 1.807) is 22.7 Å². The first-order valence-electron chi connectivity index (χ1n) is 3.90. The number of thiazole rings is 2. The lowest BCUT2D eigenvalue weighted by molar-refractivity contribution is 0.857. The summed E-state index contributed by atoms with van der Waals surface area (Å²) in [7, 11) is 0. The van der Waals surface area contributed by atoms with Gasteiger partial charge in [0.15, 0.2) is 9.66 Å². The first-order chi connectivity index (χ1) is 5.66. The fraction of sp³-hybridized carbons (Fsp3) is 0.500. The fourth-order valence-electron chi connectivity index (χ4n) is 1.00. The molecule has 0 aliphatic rings. The third-order valence-electron chi connectivity index (χ3n) is 1.59. The summed E-state index contributed by atoms with van der Waals surface area (Å²) in [5.74, 6) is 0.525. The largest absolute Gasteiger partial charge is 0.229 e. The SMILES string of the molecule is Cc1nc2sc(C(C)C)nc2s1. The molecule has 2 nitrogen and oxygen atoms in total. The molecule has 0 bridgehead atoms. The molecule has 2 aromatic heterocycles. The summed E-state index contributed by atoms with van der Waals surface area (Å²) in [4.78, 5) is 11.1. The lowest BCUT2D eigenvalue weighted by atomic mass is 10.2. The predicted octanol–water partition coefficient (Wildman–Crippen LogP) is 3.18. The van der Waals surface area contributed by atoms with Crippen LogP contribution in [0.5, 0.6) is 0 Å². The summed E-state index contributed by atoms with van der Waals surface area (Å²) in [6.45, 7) is 6.35. The van der Waals surface area contributed by atoms with Crippen molar-refractivity contribution in [2.24, 2.45) is 0 Å². The Morgan fingerprint density at radius 2 is 1.75 bits per heavy atom. The molecule has 64 valence electrons. The molecule has 2 aromatic rings. The van der Waals surface area contributed by atoms with Gasteiger partial charge in [0, 0.05) is 5.92 Å². The minimum atomic E-state index is 0.525. The molecule has 4 heteroatoms. The Labute approximate surface area is 79.3 Å². The standard InChI is InChI=1S/C8H10N2S2/c1-4(2)6-10-8-7(12-6)9-5(3)11-8/h4H,1-3H3. The second kappa shape index (κ2) is 2.78. The quantitative estimate of drug-likeness (QED) is 0.703. The zero-order valence-corrected chi connectivity index (χ0v) is 8.92. The van der Waals surface area contributed by atoms with Crippen molar-refractivity contribution in [1.82, 2.24) is 9.97 Å². The minimum absolute atomic E-state index is 0.525. The Morgan fingerprint density at radius 3 is 2.33 bits per heavy atom. The van der Waals surface area contributed by atoms with E-state index < -0.39 is 0 Å². The minimum Gasteiger partial charge on any atom is -0.229 e. The highest BCUT2D eigenvalue weighted by atomic mass is 32.1. The van der Waals surface area contributed by atoms with E-state index in [4.69, 9.17) is 0 Å². The van der Waals surface area contributed by atoms with Crippen LogP contribution in [0.1, 0.15) is 29.8 Å². The number of rotatable bonds is 1. The molecular weight excluding hydrogens is 188 g/mol. The zero-order chi connectivity index (χ0) is 8.72. The Kier molecular flexibility index (Phi) is 1.88. The molecule has 2 rings (SSSR count). The molecule has 0 spiro atoms. The van der Waals surface area contributed by atoms with E-state index in [1.165, 1.54) is 5.01 Å². The molecule has 0 amide bonds. The monoisotopic (exact) mass is 198 g/mol. The summed E-state index contributed by atoms with van der Waals surface area (Å²) >= 11 is 3.39. The molecule has 0 aliphatic carbocycles. The number of hydrogen-bond donors (Lipinski definition) is 0. The molecule has 0 fully saturated rings. The van der Waals surface area contributed by atoms with E-state index >= 15 is 0 Å². The Bertz CT molecular complexity index is 369. The van der Waals surface area contributed by atoms with Gasteiger partial charge < -0.3 is 0 Å². The van der Waals surface area contributed by atoms with Crippen LogP contribution < -0.4 is 0 Å². The molecule has 0 aliphatic heterocycles. The highest BCUT2D eigenvalue weighted by Crippen LogP contribution is 2.29. The molecule has 0 unspecified atom stereocenters. The summed E-state index contributed by atoms with van der Waals surface area (Å²) in [5, 5.41) is 2.31. The third kappa shape index (κ3) is 1.25. The van der Waals surface area contributed by atoms with Gasteiger partial charge in [-0.1, -0.05) is 36.5 Å². The van der Waals surface area contributed by atoms with Crippen molar-refractivity contribution < 1.29 is 0 Å². The summed E-state index contributed by atoms with van der Waals surface area (Å²) in [6.07, 6.45) is 0. The second-order valence-electron chi connectivity index (χ2n) is 3.05. The van der Waals surface area contributed by atoms with Crippen LogP contribution in [0, 0.1) is 6.92 Å². The van der Waals surface area contributed by atoms with Crippen molar-refractivity contribution in [3.8, 4) is 0 Å². The van der Waals surface area contributed by atoms with Gasteiger partial charge in [-0.05, 0) is 6.92 Å². The van der Waals surface area contributed by atoms with Crippen LogP contribution in [0.25, 0.3) is 9.66 Å². The normalized spacial score (nSPS) is 11.7. The molecular formula is C8H10N2S2. The van der Waals surface area contributed by atoms with Gasteiger partial charge in [0.1, 0.15) is 0 Å². The maximum atomic E-state index is 4.51. The van der Waals surface area contributed by atoms with Crippen molar-refractivity contribution in [3.05, 3.63) is 10.0 Å². The van der Waals surface area contributed by atoms with E-state index in [0.717, 1.165) is 14.7 Å². The average Bonchev–Trinajstić information content (AvgIpc) is 2.42. The van der Waals surface area contributed by atoms with Crippen LogP contribution in [-0.2, 0) is 0 Å². The Morgan fingerprint density at radius 1 is 1.08 bits per heavy atom. The zero-order valence-electron chi connectivity index (χ0n) is 7.29. The molecule has 12 heavy (non-hydrogen) atoms. The van der Waals surface area contributed by atoms with Crippen molar-refractivity contribution in [1.29, 1.82) is 0 Å². The molecule has 0 aromatic carbocycles. The first-order valence-corrected chi connectivity index (χ1v) is 5.54. The van der Waals surface area contributed by atoms with E-state index in [9.17, 15) is 0 Å². The van der Waals surface area contributed by atoms with Crippen LogP contribution in [0.2, 0.25) is 0 Å². The topological polar surface area (TPSA) is 25.8 Å². The van der Waals surface area contributed by atoms with Gasteiger partial charge in [0.2, 0.25) is 0 Å². The number of aryl methyl sites for hydroxylation is 1. The Balaban J connectivity index is 2.57. The van der Waals surface area contributed by atoms with Gasteiger partial charge >= 0.3 is 0 Å². The van der Waals surface area contributed by atoms with E-state index in [2.05, 4.69) is 23.8 Å². The van der Waals surface area contributed by atoms with E-state index in [1.807, 2.05) is 6.92 Å². The van der Waals surface area contributed by atoms with Crippen molar-refractivity contribution in [2.75, 3.05) is 0 Å². The highest BCUT2D eigenvalue weighted by molar-refractivity contribution is 7.26. The van der Waals surface area contributed by atoms with Crippen LogP contribution in [0.4, 0.5) is 0 Å². The molecule has 2 heterocycles. The lowest BCUT2D eigenvalue weighted by Gasteiger charge is -1.94. The number of hydrogen-bond acceptors (Lipinski definition) is 4. The molecule has 0 saturated carbocycles. The van der Waals surface area contributed by atoms with Gasteiger partial charge in [0.25, 0.3) is 0 Å². The van der Waals surface area contributed by atoms with E-state index in [-0.39, 0.29) is 0 Å². The van der Waals surface area contributed by atoms with Gasteiger partial charge in [-0.2, -0.15) is 0 Å².